The van der Waals surface area contributed by atoms with Crippen LogP contribution in [0.5, 0.6) is 0 Å². The van der Waals surface area contributed by atoms with Crippen molar-refractivity contribution in [1.82, 2.24) is 0 Å². The molecule has 0 aliphatic rings. The van der Waals surface area contributed by atoms with E-state index in [1.54, 1.807) is 0 Å². The maximum atomic E-state index is 13.1. The van der Waals surface area contributed by atoms with Gasteiger partial charge in [0.05, 0.1) is 26.4 Å². The topological polar surface area (TPSA) is 237 Å². The molecule has 0 aliphatic heterocycles. The van der Waals surface area contributed by atoms with Crippen LogP contribution in [0.15, 0.2) is 0 Å². The maximum Gasteiger partial charge on any atom is 0.472 e. The first-order chi connectivity index (χ1) is 47.5. The molecule has 0 aliphatic carbocycles. The molecule has 0 bridgehead atoms. The van der Waals surface area contributed by atoms with E-state index >= 15 is 0 Å². The Morgan fingerprint density at radius 3 is 0.694 bits per heavy atom. The summed E-state index contributed by atoms with van der Waals surface area (Å²) in [5.74, 6) is -1.30. The molecule has 19 heteroatoms. The zero-order valence-corrected chi connectivity index (χ0v) is 65.7. The van der Waals surface area contributed by atoms with Crippen LogP contribution in [0.1, 0.15) is 420 Å². The van der Waals surface area contributed by atoms with Crippen LogP contribution >= 0.6 is 15.6 Å². The van der Waals surface area contributed by atoms with Gasteiger partial charge in [0, 0.05) is 25.7 Å². The third-order valence-corrected chi connectivity index (χ3v) is 20.4. The second kappa shape index (κ2) is 72.0. The number of hydrogen-bond acceptors (Lipinski definition) is 15. The van der Waals surface area contributed by atoms with Gasteiger partial charge in [-0.1, -0.05) is 369 Å². The highest BCUT2D eigenvalue weighted by Gasteiger charge is 2.30. The third-order valence-electron chi connectivity index (χ3n) is 18.5. The molecule has 98 heavy (non-hydrogen) atoms. The Labute approximate surface area is 600 Å². The summed E-state index contributed by atoms with van der Waals surface area (Å²) in [5.41, 5.74) is 0. The number of phosphoric ester groups is 2. The van der Waals surface area contributed by atoms with Crippen LogP contribution in [0.3, 0.4) is 0 Å². The van der Waals surface area contributed by atoms with E-state index in [4.69, 9.17) is 37.0 Å². The molecule has 0 aromatic carbocycles. The van der Waals surface area contributed by atoms with Gasteiger partial charge in [0.15, 0.2) is 12.2 Å². The van der Waals surface area contributed by atoms with Crippen LogP contribution in [0.2, 0.25) is 0 Å². The minimum Gasteiger partial charge on any atom is -0.462 e. The van der Waals surface area contributed by atoms with E-state index in [1.165, 1.54) is 244 Å². The van der Waals surface area contributed by atoms with Gasteiger partial charge in [-0.05, 0) is 31.6 Å². The van der Waals surface area contributed by atoms with Crippen LogP contribution < -0.4 is 0 Å². The van der Waals surface area contributed by atoms with Crippen molar-refractivity contribution in [2.75, 3.05) is 39.6 Å². The van der Waals surface area contributed by atoms with Crippen molar-refractivity contribution in [3.63, 3.8) is 0 Å². The first kappa shape index (κ1) is 96.1. The van der Waals surface area contributed by atoms with Crippen LogP contribution in [0.25, 0.3) is 0 Å². The lowest BCUT2D eigenvalue weighted by Gasteiger charge is -2.21. The predicted molar refractivity (Wildman–Crippen MR) is 400 cm³/mol. The number of phosphoric acid groups is 2. The average Bonchev–Trinajstić information content (AvgIpc) is 1.10. The molecule has 582 valence electrons. The zero-order chi connectivity index (χ0) is 71.9. The Hall–Kier alpha value is -1.94. The number of hydrogen-bond donors (Lipinski definition) is 3. The molecule has 3 N–H and O–H groups in total. The molecule has 5 atom stereocenters. The number of esters is 4. The summed E-state index contributed by atoms with van der Waals surface area (Å²) in [6.45, 7) is 7.35. The van der Waals surface area contributed by atoms with E-state index in [2.05, 4.69) is 34.6 Å². The Balaban J connectivity index is 5.24. The minimum atomic E-state index is -4.96. The van der Waals surface area contributed by atoms with E-state index in [9.17, 15) is 43.2 Å². The van der Waals surface area contributed by atoms with Crippen molar-refractivity contribution in [3.8, 4) is 0 Å². The van der Waals surface area contributed by atoms with Gasteiger partial charge in [0.1, 0.15) is 19.3 Å². The highest BCUT2D eigenvalue weighted by atomic mass is 31.2. The van der Waals surface area contributed by atoms with Gasteiger partial charge in [-0.15, -0.1) is 0 Å². The number of carbonyl (C=O) groups excluding carboxylic acids is 4. The lowest BCUT2D eigenvalue weighted by molar-refractivity contribution is -0.161. The van der Waals surface area contributed by atoms with Gasteiger partial charge in [-0.3, -0.25) is 37.3 Å². The Morgan fingerprint density at radius 1 is 0.276 bits per heavy atom. The fourth-order valence-corrected chi connectivity index (χ4v) is 13.8. The second-order valence-corrected chi connectivity index (χ2v) is 31.8. The summed E-state index contributed by atoms with van der Waals surface area (Å²) in [6, 6.07) is 0. The average molecular weight is 1440 g/mol. The molecule has 2 unspecified atom stereocenters. The summed E-state index contributed by atoms with van der Waals surface area (Å²) < 4.78 is 68.7. The van der Waals surface area contributed by atoms with Gasteiger partial charge >= 0.3 is 39.5 Å². The smallest absolute Gasteiger partial charge is 0.462 e. The van der Waals surface area contributed by atoms with E-state index < -0.39 is 97.5 Å². The molecule has 0 spiro atoms. The van der Waals surface area contributed by atoms with Crippen molar-refractivity contribution in [2.24, 2.45) is 5.92 Å². The SMILES string of the molecule is CCCCCCCCCCCCCCCCC(=O)OC[C@H](COP(=O)(O)OC[C@@H](O)COP(=O)(O)OC[C@@H](COC(=O)CCCCCCCCCCCCC)OC(=O)CCCCCCCCCCCCCCCC)OC(=O)CCCCCCCCCCCCCCCCCCC(C)C. The number of aliphatic hydroxyl groups is 1. The summed E-state index contributed by atoms with van der Waals surface area (Å²) in [6.07, 6.45) is 62.2. The van der Waals surface area contributed by atoms with Gasteiger partial charge in [-0.2, -0.15) is 0 Å². The zero-order valence-electron chi connectivity index (χ0n) is 63.9. The summed E-state index contributed by atoms with van der Waals surface area (Å²) in [5, 5.41) is 10.6. The summed E-state index contributed by atoms with van der Waals surface area (Å²) >= 11 is 0. The molecule has 0 amide bonds. The molecule has 0 rings (SSSR count). The number of rotatable bonds is 79. The standard InChI is InChI=1S/C79H154O17P2/c1-6-9-12-15-18-21-24-26-33-38-43-48-53-58-63-77(82)90-69-75(96-79(84)65-60-55-50-45-40-35-31-29-28-30-32-37-41-46-51-56-61-72(4)5)71-94-98(87,88)92-67-73(80)66-91-97(85,86)93-70-74(68-89-76(81)62-57-52-47-42-36-23-20-17-14-11-8-3)95-78(83)64-59-54-49-44-39-34-27-25-22-19-16-13-10-7-2/h72-75,80H,6-71H2,1-5H3,(H,85,86)(H,87,88)/t73-,74+,75+/m0/s1. The van der Waals surface area contributed by atoms with Crippen molar-refractivity contribution >= 4 is 39.5 Å². The molecule has 0 radical (unpaired) electrons. The first-order valence-electron chi connectivity index (χ1n) is 41.1. The minimum absolute atomic E-state index is 0.109. The van der Waals surface area contributed by atoms with Crippen molar-refractivity contribution in [1.29, 1.82) is 0 Å². The molecule has 0 saturated carbocycles. The van der Waals surface area contributed by atoms with E-state index in [0.717, 1.165) is 95.8 Å². The van der Waals surface area contributed by atoms with Gasteiger partial charge in [-0.25, -0.2) is 9.13 Å². The maximum absolute atomic E-state index is 13.1. The van der Waals surface area contributed by atoms with Gasteiger partial charge < -0.3 is 33.8 Å². The number of unbranched alkanes of at least 4 members (excludes halogenated alkanes) is 51. The summed E-state index contributed by atoms with van der Waals surface area (Å²) in [7, 11) is -9.91. The molecular weight excluding hydrogens is 1280 g/mol. The van der Waals surface area contributed by atoms with Crippen LogP contribution in [-0.2, 0) is 65.4 Å². The van der Waals surface area contributed by atoms with Crippen molar-refractivity contribution in [2.45, 2.75) is 438 Å². The van der Waals surface area contributed by atoms with Crippen molar-refractivity contribution < 1.29 is 80.2 Å². The van der Waals surface area contributed by atoms with E-state index in [-0.39, 0.29) is 25.7 Å². The highest BCUT2D eigenvalue weighted by molar-refractivity contribution is 7.47. The lowest BCUT2D eigenvalue weighted by atomic mass is 10.0. The van der Waals surface area contributed by atoms with E-state index in [1.807, 2.05) is 0 Å². The molecule has 0 heterocycles. The molecule has 0 fully saturated rings. The second-order valence-electron chi connectivity index (χ2n) is 28.9. The van der Waals surface area contributed by atoms with E-state index in [0.29, 0.717) is 25.7 Å². The fourth-order valence-electron chi connectivity index (χ4n) is 12.2. The number of ether oxygens (including phenoxy) is 4. The van der Waals surface area contributed by atoms with Crippen LogP contribution in [0, 0.1) is 5.92 Å². The monoisotopic (exact) mass is 1440 g/mol. The predicted octanol–water partition coefficient (Wildman–Crippen LogP) is 23.6. The van der Waals surface area contributed by atoms with Crippen LogP contribution in [-0.4, -0.2) is 96.7 Å². The first-order valence-corrected chi connectivity index (χ1v) is 44.1. The Bertz CT molecular complexity index is 1870. The fraction of sp³-hybridized carbons (Fsp3) is 0.949. The molecular formula is C79H154O17P2. The highest BCUT2D eigenvalue weighted by Crippen LogP contribution is 2.45. The summed E-state index contributed by atoms with van der Waals surface area (Å²) in [4.78, 5) is 72.9. The molecule has 17 nitrogen and oxygen atoms in total. The molecule has 0 saturated heterocycles. The quantitative estimate of drug-likeness (QED) is 0.0222. The largest absolute Gasteiger partial charge is 0.472 e. The molecule has 0 aromatic heterocycles. The van der Waals surface area contributed by atoms with Gasteiger partial charge in [0.25, 0.3) is 0 Å². The van der Waals surface area contributed by atoms with Gasteiger partial charge in [0.2, 0.25) is 0 Å². The Kier molecular flexibility index (Phi) is 70.6. The number of carbonyl (C=O) groups is 4. The van der Waals surface area contributed by atoms with Crippen LogP contribution in [0.4, 0.5) is 0 Å². The third kappa shape index (κ3) is 72.4. The lowest BCUT2D eigenvalue weighted by Crippen LogP contribution is -2.30. The molecule has 0 aromatic rings. The number of aliphatic hydroxyl groups excluding tert-OH is 1. The van der Waals surface area contributed by atoms with Crippen molar-refractivity contribution in [3.05, 3.63) is 0 Å². The normalized spacial score (nSPS) is 13.9. The Morgan fingerprint density at radius 2 is 0.469 bits per heavy atom.